The maximum Gasteiger partial charge on any atom is 0.0642 e. The van der Waals surface area contributed by atoms with Crippen molar-refractivity contribution in [1.82, 2.24) is 5.32 Å². The summed E-state index contributed by atoms with van der Waals surface area (Å²) in [5.41, 5.74) is 2.50. The van der Waals surface area contributed by atoms with Crippen molar-refractivity contribution < 1.29 is 5.11 Å². The zero-order chi connectivity index (χ0) is 13.9. The van der Waals surface area contributed by atoms with E-state index in [-0.39, 0.29) is 6.61 Å². The number of benzene rings is 1. The quantitative estimate of drug-likeness (QED) is 0.847. The monoisotopic (exact) mass is 294 g/mol. The number of halogens is 1. The SMILES string of the molecule is OCCC1CCN(c2c(Cl)cccc2CNC2CC2)C1. The molecule has 0 aromatic heterocycles. The Labute approximate surface area is 125 Å². The number of nitrogens with one attached hydrogen (secondary N) is 1. The van der Waals surface area contributed by atoms with Crippen LogP contribution in [0.1, 0.15) is 31.2 Å². The second-order valence-corrected chi connectivity index (χ2v) is 6.42. The van der Waals surface area contributed by atoms with E-state index in [1.165, 1.54) is 24.1 Å². The fourth-order valence-corrected chi connectivity index (χ4v) is 3.37. The average Bonchev–Trinajstić information content (AvgIpc) is 3.16. The summed E-state index contributed by atoms with van der Waals surface area (Å²) in [6.07, 6.45) is 4.66. The minimum Gasteiger partial charge on any atom is -0.396 e. The second kappa shape index (κ2) is 6.33. The second-order valence-electron chi connectivity index (χ2n) is 6.02. The lowest BCUT2D eigenvalue weighted by atomic mass is 10.1. The van der Waals surface area contributed by atoms with Crippen LogP contribution >= 0.6 is 11.6 Å². The predicted octanol–water partition coefficient (Wildman–Crippen LogP) is 2.80. The van der Waals surface area contributed by atoms with E-state index in [0.717, 1.165) is 37.5 Å². The highest BCUT2D eigenvalue weighted by Crippen LogP contribution is 2.35. The van der Waals surface area contributed by atoms with Crippen LogP contribution in [0.3, 0.4) is 0 Å². The number of hydrogen-bond donors (Lipinski definition) is 2. The zero-order valence-electron chi connectivity index (χ0n) is 11.8. The molecule has 1 aromatic rings. The van der Waals surface area contributed by atoms with Gasteiger partial charge < -0.3 is 15.3 Å². The van der Waals surface area contributed by atoms with E-state index < -0.39 is 0 Å². The van der Waals surface area contributed by atoms with Gasteiger partial charge in [0.2, 0.25) is 0 Å². The standard InChI is InChI=1S/C16H23ClN2O/c17-15-3-1-2-13(10-18-14-4-5-14)16(15)19-8-6-12(11-19)7-9-20/h1-3,12,14,18,20H,4-11H2. The third kappa shape index (κ3) is 3.27. The molecule has 1 heterocycles. The maximum absolute atomic E-state index is 9.09. The number of hydrogen-bond acceptors (Lipinski definition) is 3. The molecule has 0 radical (unpaired) electrons. The number of nitrogens with zero attached hydrogens (tertiary/aromatic N) is 1. The number of aliphatic hydroxyl groups is 1. The lowest BCUT2D eigenvalue weighted by Gasteiger charge is -2.24. The summed E-state index contributed by atoms with van der Waals surface area (Å²) in [6.45, 7) is 3.25. The normalized spacial score (nSPS) is 22.5. The summed E-state index contributed by atoms with van der Waals surface area (Å²) in [4.78, 5) is 2.40. The van der Waals surface area contributed by atoms with Crippen LogP contribution in [0.2, 0.25) is 5.02 Å². The summed E-state index contributed by atoms with van der Waals surface area (Å²) in [5, 5.41) is 13.5. The number of anilines is 1. The van der Waals surface area contributed by atoms with Crippen LogP contribution in [0.5, 0.6) is 0 Å². The van der Waals surface area contributed by atoms with Crippen LogP contribution in [0.15, 0.2) is 18.2 Å². The van der Waals surface area contributed by atoms with Crippen LogP contribution < -0.4 is 10.2 Å². The molecule has 4 heteroatoms. The van der Waals surface area contributed by atoms with Crippen LogP contribution in [0, 0.1) is 5.92 Å². The van der Waals surface area contributed by atoms with Crippen molar-refractivity contribution in [2.45, 2.75) is 38.3 Å². The Morgan fingerprint density at radius 3 is 2.90 bits per heavy atom. The molecule has 2 N–H and O–H groups in total. The van der Waals surface area contributed by atoms with Crippen molar-refractivity contribution in [3.63, 3.8) is 0 Å². The van der Waals surface area contributed by atoms with E-state index >= 15 is 0 Å². The first-order valence-corrected chi connectivity index (χ1v) is 8.02. The lowest BCUT2D eigenvalue weighted by molar-refractivity contribution is 0.263. The molecule has 1 saturated heterocycles. The highest BCUT2D eigenvalue weighted by Gasteiger charge is 2.26. The van der Waals surface area contributed by atoms with Gasteiger partial charge in [0.25, 0.3) is 0 Å². The Balaban J connectivity index is 1.73. The summed E-state index contributed by atoms with van der Waals surface area (Å²) < 4.78 is 0. The van der Waals surface area contributed by atoms with Crippen molar-refractivity contribution in [3.8, 4) is 0 Å². The average molecular weight is 295 g/mol. The molecule has 110 valence electrons. The van der Waals surface area contributed by atoms with Gasteiger partial charge in [-0.05, 0) is 43.2 Å². The van der Waals surface area contributed by atoms with Gasteiger partial charge in [-0.15, -0.1) is 0 Å². The van der Waals surface area contributed by atoms with Gasteiger partial charge >= 0.3 is 0 Å². The lowest BCUT2D eigenvalue weighted by Crippen LogP contribution is -2.24. The smallest absolute Gasteiger partial charge is 0.0642 e. The molecule has 1 unspecified atom stereocenters. The number of para-hydroxylation sites is 1. The molecule has 1 atom stereocenters. The molecule has 3 nitrogen and oxygen atoms in total. The van der Waals surface area contributed by atoms with Crippen LogP contribution in [0.25, 0.3) is 0 Å². The Morgan fingerprint density at radius 1 is 1.30 bits per heavy atom. The van der Waals surface area contributed by atoms with Crippen molar-refractivity contribution >= 4 is 17.3 Å². The van der Waals surface area contributed by atoms with Crippen molar-refractivity contribution in [3.05, 3.63) is 28.8 Å². The van der Waals surface area contributed by atoms with E-state index in [4.69, 9.17) is 16.7 Å². The Bertz CT molecular complexity index is 462. The van der Waals surface area contributed by atoms with Gasteiger partial charge in [-0.1, -0.05) is 23.7 Å². The van der Waals surface area contributed by atoms with E-state index in [9.17, 15) is 0 Å². The third-order valence-corrected chi connectivity index (χ3v) is 4.67. The molecule has 2 aliphatic rings. The van der Waals surface area contributed by atoms with Crippen molar-refractivity contribution in [1.29, 1.82) is 0 Å². The first kappa shape index (κ1) is 14.2. The summed E-state index contributed by atoms with van der Waals surface area (Å²) in [5.74, 6) is 0.598. The first-order chi connectivity index (χ1) is 9.78. The highest BCUT2D eigenvalue weighted by atomic mass is 35.5. The molecule has 1 aliphatic carbocycles. The summed E-state index contributed by atoms with van der Waals surface area (Å²) in [6, 6.07) is 6.91. The Kier molecular flexibility index (Phi) is 4.49. The first-order valence-electron chi connectivity index (χ1n) is 7.64. The molecular formula is C16H23ClN2O. The van der Waals surface area contributed by atoms with Crippen LogP contribution in [0.4, 0.5) is 5.69 Å². The van der Waals surface area contributed by atoms with Gasteiger partial charge in [0, 0.05) is 32.3 Å². The molecule has 1 saturated carbocycles. The minimum absolute atomic E-state index is 0.289. The van der Waals surface area contributed by atoms with Gasteiger partial charge in [0.05, 0.1) is 10.7 Å². The molecule has 1 aromatic carbocycles. The molecule has 3 rings (SSSR count). The van der Waals surface area contributed by atoms with Crippen molar-refractivity contribution in [2.75, 3.05) is 24.6 Å². The highest BCUT2D eigenvalue weighted by molar-refractivity contribution is 6.33. The molecule has 0 spiro atoms. The maximum atomic E-state index is 9.09. The zero-order valence-corrected chi connectivity index (χ0v) is 12.6. The van der Waals surface area contributed by atoms with E-state index in [0.29, 0.717) is 12.0 Å². The summed E-state index contributed by atoms with van der Waals surface area (Å²) in [7, 11) is 0. The molecule has 0 bridgehead atoms. The molecule has 0 amide bonds. The number of rotatable bonds is 6. The third-order valence-electron chi connectivity index (χ3n) is 4.37. The Morgan fingerprint density at radius 2 is 2.15 bits per heavy atom. The fourth-order valence-electron chi connectivity index (χ4n) is 3.05. The van der Waals surface area contributed by atoms with E-state index in [2.05, 4.69) is 16.3 Å². The fraction of sp³-hybridized carbons (Fsp3) is 0.625. The summed E-state index contributed by atoms with van der Waals surface area (Å²) >= 11 is 6.45. The minimum atomic E-state index is 0.289. The van der Waals surface area contributed by atoms with Gasteiger partial charge in [-0.2, -0.15) is 0 Å². The molecular weight excluding hydrogens is 272 g/mol. The van der Waals surface area contributed by atoms with E-state index in [1.807, 2.05) is 12.1 Å². The van der Waals surface area contributed by atoms with Gasteiger partial charge in [-0.3, -0.25) is 0 Å². The van der Waals surface area contributed by atoms with E-state index in [1.54, 1.807) is 0 Å². The van der Waals surface area contributed by atoms with Gasteiger partial charge in [0.1, 0.15) is 0 Å². The molecule has 20 heavy (non-hydrogen) atoms. The van der Waals surface area contributed by atoms with Gasteiger partial charge in [0.15, 0.2) is 0 Å². The Hall–Kier alpha value is -0.770. The topological polar surface area (TPSA) is 35.5 Å². The molecule has 2 fully saturated rings. The molecule has 1 aliphatic heterocycles. The largest absolute Gasteiger partial charge is 0.396 e. The predicted molar refractivity (Wildman–Crippen MR) is 83.3 cm³/mol. The number of aliphatic hydroxyl groups excluding tert-OH is 1. The van der Waals surface area contributed by atoms with Crippen molar-refractivity contribution in [2.24, 2.45) is 5.92 Å². The van der Waals surface area contributed by atoms with Crippen LogP contribution in [-0.4, -0.2) is 30.8 Å². The van der Waals surface area contributed by atoms with Crippen LogP contribution in [-0.2, 0) is 6.54 Å². The van der Waals surface area contributed by atoms with Gasteiger partial charge in [-0.25, -0.2) is 0 Å².